The van der Waals surface area contributed by atoms with Crippen molar-refractivity contribution in [1.29, 1.82) is 0 Å². The van der Waals surface area contributed by atoms with Crippen LogP contribution in [0.1, 0.15) is 24.2 Å². The van der Waals surface area contributed by atoms with E-state index >= 15 is 0 Å². The minimum Gasteiger partial charge on any atom is -0.370 e. The van der Waals surface area contributed by atoms with Gasteiger partial charge >= 0.3 is 0 Å². The van der Waals surface area contributed by atoms with E-state index in [1.54, 1.807) is 18.7 Å². The molecule has 0 atom stereocenters. The Balaban J connectivity index is 2.39. The molecular formula is C14H15BrN2O2. The molecule has 1 saturated carbocycles. The molecule has 0 spiro atoms. The molecule has 1 fully saturated rings. The van der Waals surface area contributed by atoms with Gasteiger partial charge in [0, 0.05) is 18.6 Å². The molecule has 0 radical (unpaired) electrons. The molecule has 100 valence electrons. The van der Waals surface area contributed by atoms with Crippen LogP contribution < -0.4 is 5.56 Å². The van der Waals surface area contributed by atoms with Crippen molar-refractivity contribution in [2.75, 3.05) is 7.11 Å². The van der Waals surface area contributed by atoms with Gasteiger partial charge in [0.25, 0.3) is 5.56 Å². The molecule has 5 heteroatoms. The van der Waals surface area contributed by atoms with E-state index in [0.717, 1.165) is 28.7 Å². The van der Waals surface area contributed by atoms with Crippen molar-refractivity contribution >= 4 is 26.8 Å². The first-order valence-electron chi connectivity index (χ1n) is 6.21. The van der Waals surface area contributed by atoms with E-state index in [0.29, 0.717) is 10.9 Å². The molecule has 0 amide bonds. The third-order valence-corrected chi connectivity index (χ3v) is 4.39. The van der Waals surface area contributed by atoms with E-state index < -0.39 is 0 Å². The average molecular weight is 323 g/mol. The second kappa shape index (κ2) is 4.15. The zero-order chi connectivity index (χ0) is 13.8. The third kappa shape index (κ3) is 1.83. The fraction of sp³-hybridized carbons (Fsp3) is 0.429. The predicted octanol–water partition coefficient (Wildman–Crippen LogP) is 2.64. The van der Waals surface area contributed by atoms with Crippen molar-refractivity contribution in [3.63, 3.8) is 0 Å². The number of methoxy groups -OCH3 is 1. The van der Waals surface area contributed by atoms with Gasteiger partial charge in [0.05, 0.1) is 10.9 Å². The Morgan fingerprint density at radius 3 is 2.68 bits per heavy atom. The van der Waals surface area contributed by atoms with Crippen LogP contribution in [0.2, 0.25) is 0 Å². The quantitative estimate of drug-likeness (QED) is 0.853. The van der Waals surface area contributed by atoms with Crippen LogP contribution in [0.3, 0.4) is 0 Å². The lowest BCUT2D eigenvalue weighted by molar-refractivity contribution is 0.0678. The predicted molar refractivity (Wildman–Crippen MR) is 77.3 cm³/mol. The summed E-state index contributed by atoms with van der Waals surface area (Å²) in [4.78, 5) is 17.2. The Bertz CT molecular complexity index is 732. The van der Waals surface area contributed by atoms with E-state index in [4.69, 9.17) is 4.74 Å². The number of rotatable bonds is 2. The minimum absolute atomic E-state index is 0.0206. The second-order valence-corrected chi connectivity index (χ2v) is 6.00. The number of hydrogen-bond donors (Lipinski definition) is 0. The number of hydrogen-bond acceptors (Lipinski definition) is 3. The van der Waals surface area contributed by atoms with Crippen LogP contribution >= 0.6 is 15.9 Å². The Morgan fingerprint density at radius 2 is 2.11 bits per heavy atom. The standard InChI is InChI=1S/C14H15BrN2O2/c1-8-6-9-11(10(15)7-8)16-13(17(2)12(9)18)14(19-3)4-5-14/h6-7H,4-5H2,1-3H3. The van der Waals surface area contributed by atoms with Crippen LogP contribution in [0, 0.1) is 6.92 Å². The van der Waals surface area contributed by atoms with Crippen LogP contribution in [-0.4, -0.2) is 16.7 Å². The van der Waals surface area contributed by atoms with Crippen molar-refractivity contribution in [2.24, 2.45) is 7.05 Å². The molecule has 4 nitrogen and oxygen atoms in total. The normalized spacial score (nSPS) is 16.8. The maximum atomic E-state index is 12.5. The van der Waals surface area contributed by atoms with Crippen molar-refractivity contribution in [2.45, 2.75) is 25.4 Å². The van der Waals surface area contributed by atoms with Crippen LogP contribution in [0.4, 0.5) is 0 Å². The summed E-state index contributed by atoms with van der Waals surface area (Å²) in [5.74, 6) is 0.719. The summed E-state index contributed by atoms with van der Waals surface area (Å²) in [6.45, 7) is 1.97. The lowest BCUT2D eigenvalue weighted by Crippen LogP contribution is -2.28. The monoisotopic (exact) mass is 322 g/mol. The van der Waals surface area contributed by atoms with Crippen LogP contribution in [0.5, 0.6) is 0 Å². The highest BCUT2D eigenvalue weighted by molar-refractivity contribution is 9.10. The summed E-state index contributed by atoms with van der Waals surface area (Å²) in [7, 11) is 3.44. The molecule has 0 bridgehead atoms. The van der Waals surface area contributed by atoms with Crippen molar-refractivity contribution in [1.82, 2.24) is 9.55 Å². The number of aryl methyl sites for hydroxylation is 1. The highest BCUT2D eigenvalue weighted by atomic mass is 79.9. The molecule has 1 heterocycles. The fourth-order valence-electron chi connectivity index (χ4n) is 2.51. The highest BCUT2D eigenvalue weighted by Crippen LogP contribution is 2.47. The SMILES string of the molecule is COC1(c2nc3c(Br)cc(C)cc3c(=O)n2C)CC1. The number of halogens is 1. The maximum absolute atomic E-state index is 12.5. The molecule has 1 aliphatic rings. The highest BCUT2D eigenvalue weighted by Gasteiger charge is 2.48. The number of nitrogens with zero attached hydrogens (tertiary/aromatic N) is 2. The Morgan fingerprint density at radius 1 is 1.42 bits per heavy atom. The lowest BCUT2D eigenvalue weighted by atomic mass is 10.1. The van der Waals surface area contributed by atoms with Gasteiger partial charge in [0.1, 0.15) is 11.4 Å². The lowest BCUT2D eigenvalue weighted by Gasteiger charge is -2.17. The topological polar surface area (TPSA) is 44.1 Å². The molecule has 1 aromatic carbocycles. The van der Waals surface area contributed by atoms with Gasteiger partial charge < -0.3 is 4.74 Å². The molecule has 0 unspecified atom stereocenters. The van der Waals surface area contributed by atoms with E-state index in [9.17, 15) is 4.79 Å². The van der Waals surface area contributed by atoms with Gasteiger partial charge in [-0.1, -0.05) is 0 Å². The van der Waals surface area contributed by atoms with E-state index in [-0.39, 0.29) is 11.2 Å². The zero-order valence-electron chi connectivity index (χ0n) is 11.2. The largest absolute Gasteiger partial charge is 0.370 e. The molecule has 0 N–H and O–H groups in total. The van der Waals surface area contributed by atoms with E-state index in [2.05, 4.69) is 20.9 Å². The minimum atomic E-state index is -0.369. The summed E-state index contributed by atoms with van der Waals surface area (Å²) in [6, 6.07) is 3.86. The summed E-state index contributed by atoms with van der Waals surface area (Å²) in [5, 5.41) is 0.644. The molecule has 0 aliphatic heterocycles. The smallest absolute Gasteiger partial charge is 0.261 e. The summed E-state index contributed by atoms with van der Waals surface area (Å²) >= 11 is 3.50. The van der Waals surface area contributed by atoms with Crippen LogP contribution in [0.15, 0.2) is 21.4 Å². The van der Waals surface area contributed by atoms with Gasteiger partial charge in [0.2, 0.25) is 0 Å². The van der Waals surface area contributed by atoms with Crippen LogP contribution in [0.25, 0.3) is 10.9 Å². The molecule has 0 saturated heterocycles. The second-order valence-electron chi connectivity index (χ2n) is 5.14. The Hall–Kier alpha value is -1.20. The third-order valence-electron chi connectivity index (χ3n) is 3.78. The first-order chi connectivity index (χ1) is 8.98. The number of ether oxygens (including phenoxy) is 1. The molecular weight excluding hydrogens is 308 g/mol. The first kappa shape index (κ1) is 12.8. The van der Waals surface area contributed by atoms with Crippen molar-refractivity contribution in [3.05, 3.63) is 38.3 Å². The first-order valence-corrected chi connectivity index (χ1v) is 7.00. The number of benzene rings is 1. The molecule has 2 aromatic rings. The van der Waals surface area contributed by atoms with E-state index in [1.807, 2.05) is 19.1 Å². The Kier molecular flexibility index (Phi) is 2.80. The number of aromatic nitrogens is 2. The van der Waals surface area contributed by atoms with E-state index in [1.165, 1.54) is 0 Å². The van der Waals surface area contributed by atoms with Crippen molar-refractivity contribution < 1.29 is 4.74 Å². The molecule has 3 rings (SSSR count). The van der Waals surface area contributed by atoms with Gasteiger partial charge in [0.15, 0.2) is 0 Å². The number of fused-ring (bicyclic) bond motifs is 1. The summed E-state index contributed by atoms with van der Waals surface area (Å²) in [5.41, 5.74) is 1.37. The molecule has 1 aliphatic carbocycles. The summed E-state index contributed by atoms with van der Waals surface area (Å²) < 4.78 is 8.02. The van der Waals surface area contributed by atoms with Crippen molar-refractivity contribution in [3.8, 4) is 0 Å². The average Bonchev–Trinajstić information content (AvgIpc) is 3.15. The van der Waals surface area contributed by atoms with Gasteiger partial charge in [-0.05, 0) is 53.4 Å². The molecule has 19 heavy (non-hydrogen) atoms. The maximum Gasteiger partial charge on any atom is 0.261 e. The van der Waals surface area contributed by atoms with Gasteiger partial charge in [-0.15, -0.1) is 0 Å². The summed E-state index contributed by atoms with van der Waals surface area (Å²) in [6.07, 6.45) is 1.83. The van der Waals surface area contributed by atoms with Gasteiger partial charge in [-0.2, -0.15) is 0 Å². The van der Waals surface area contributed by atoms with Gasteiger partial charge in [-0.3, -0.25) is 9.36 Å². The molecule has 1 aromatic heterocycles. The van der Waals surface area contributed by atoms with Crippen LogP contribution in [-0.2, 0) is 17.4 Å². The zero-order valence-corrected chi connectivity index (χ0v) is 12.7. The van der Waals surface area contributed by atoms with Gasteiger partial charge in [-0.25, -0.2) is 4.98 Å². The Labute approximate surface area is 119 Å². The fourth-order valence-corrected chi connectivity index (χ4v) is 3.17.